The molecule has 0 fully saturated rings. The van der Waals surface area contributed by atoms with Crippen molar-refractivity contribution in [2.75, 3.05) is 38.1 Å². The summed E-state index contributed by atoms with van der Waals surface area (Å²) in [6.07, 6.45) is 8.45. The van der Waals surface area contributed by atoms with Crippen molar-refractivity contribution >= 4 is 17.8 Å². The van der Waals surface area contributed by atoms with E-state index in [-0.39, 0.29) is 30.9 Å². The summed E-state index contributed by atoms with van der Waals surface area (Å²) in [6, 6.07) is 9.16. The van der Waals surface area contributed by atoms with Crippen LogP contribution in [0.1, 0.15) is 51.5 Å². The molecule has 1 aromatic carbocycles. The first-order valence-corrected chi connectivity index (χ1v) is 13.3. The van der Waals surface area contributed by atoms with Gasteiger partial charge in [-0.3, -0.25) is 9.59 Å². The lowest BCUT2D eigenvalue weighted by molar-refractivity contribution is -0.128. The number of nitrogens with two attached hydrogens (primary N) is 1. The van der Waals surface area contributed by atoms with Crippen molar-refractivity contribution in [3.63, 3.8) is 0 Å². The molecule has 2 rings (SSSR count). The number of hydrogen-bond donors (Lipinski definition) is 5. The van der Waals surface area contributed by atoms with Gasteiger partial charge in [0, 0.05) is 31.5 Å². The van der Waals surface area contributed by atoms with Crippen LogP contribution in [0.3, 0.4) is 0 Å². The Kier molecular flexibility index (Phi) is 14.6. The number of carbonyl (C=O) groups excluding carboxylic acids is 2. The predicted octanol–water partition coefficient (Wildman–Crippen LogP) is 2.02. The van der Waals surface area contributed by atoms with E-state index in [1.807, 2.05) is 24.3 Å². The number of aromatic nitrogens is 2. The van der Waals surface area contributed by atoms with E-state index in [0.29, 0.717) is 25.6 Å². The van der Waals surface area contributed by atoms with Gasteiger partial charge in [0.2, 0.25) is 17.8 Å². The number of aryl methyl sites for hydroxylation is 1. The fourth-order valence-electron chi connectivity index (χ4n) is 3.75. The Labute approximate surface area is 220 Å². The maximum absolute atomic E-state index is 13.0. The number of hydrogen-bond acceptors (Lipinski definition) is 8. The van der Waals surface area contributed by atoms with Crippen molar-refractivity contribution in [1.29, 1.82) is 0 Å². The average Bonchev–Trinajstić information content (AvgIpc) is 2.93. The summed E-state index contributed by atoms with van der Waals surface area (Å²) < 4.78 is 5.91. The monoisotopic (exact) mass is 513 g/mol. The highest BCUT2D eigenvalue weighted by molar-refractivity contribution is 5.88. The molecule has 2 amide bonds. The molecule has 0 spiro atoms. The third-order valence-corrected chi connectivity index (χ3v) is 5.97. The van der Waals surface area contributed by atoms with Gasteiger partial charge in [-0.15, -0.1) is 0 Å². The molecule has 204 valence electrons. The summed E-state index contributed by atoms with van der Waals surface area (Å²) in [6.45, 7) is 6.24. The number of anilines is 1. The predicted molar refractivity (Wildman–Crippen MR) is 146 cm³/mol. The molecule has 37 heavy (non-hydrogen) atoms. The van der Waals surface area contributed by atoms with Crippen LogP contribution < -0.4 is 31.7 Å². The molecule has 6 N–H and O–H groups in total. The molecular weight excluding hydrogens is 470 g/mol. The molecule has 1 aromatic heterocycles. The second-order valence-corrected chi connectivity index (χ2v) is 8.81. The van der Waals surface area contributed by atoms with Crippen LogP contribution in [0.25, 0.3) is 0 Å². The van der Waals surface area contributed by atoms with Gasteiger partial charge < -0.3 is 31.7 Å². The molecule has 1 atom stereocenters. The molecule has 1 heterocycles. The van der Waals surface area contributed by atoms with Crippen molar-refractivity contribution in [2.45, 2.75) is 64.5 Å². The number of para-hydroxylation sites is 1. The van der Waals surface area contributed by atoms with Crippen LogP contribution in [0.4, 0.5) is 5.95 Å². The van der Waals surface area contributed by atoms with Gasteiger partial charge in [-0.1, -0.05) is 32.0 Å². The van der Waals surface area contributed by atoms with Crippen molar-refractivity contribution in [2.24, 2.45) is 5.73 Å². The quantitative estimate of drug-likeness (QED) is 0.180. The summed E-state index contributed by atoms with van der Waals surface area (Å²) in [5.74, 6) is 0.773. The standard InChI is InChI=1S/C27H43N7O3/c1-3-22(4-2)32-20-25(35)34-23(19-33-27-30-16-10-17-31-27)26(36)29-15-9-12-21-11-5-6-13-24(21)37-18-8-7-14-28/h5-6,10-11,13,16-17,22-23,32H,3-4,7-9,12,14-15,18-20,28H2,1-2H3,(H,29,36)(H,34,35)(H,30,31,33). The minimum atomic E-state index is -0.766. The summed E-state index contributed by atoms with van der Waals surface area (Å²) in [5.41, 5.74) is 6.65. The fourth-order valence-corrected chi connectivity index (χ4v) is 3.75. The lowest BCUT2D eigenvalue weighted by Crippen LogP contribution is -2.53. The van der Waals surface area contributed by atoms with Gasteiger partial charge in [0.25, 0.3) is 0 Å². The lowest BCUT2D eigenvalue weighted by Gasteiger charge is -2.20. The van der Waals surface area contributed by atoms with Crippen LogP contribution in [0, 0.1) is 0 Å². The Morgan fingerprint density at radius 2 is 1.78 bits per heavy atom. The molecule has 0 aliphatic rings. The third-order valence-electron chi connectivity index (χ3n) is 5.97. The average molecular weight is 514 g/mol. The Balaban J connectivity index is 1.87. The first kappa shape index (κ1) is 30.0. The number of amides is 2. The molecule has 0 aliphatic heterocycles. The van der Waals surface area contributed by atoms with Crippen LogP contribution in [0.5, 0.6) is 5.75 Å². The topological polar surface area (TPSA) is 143 Å². The zero-order valence-electron chi connectivity index (χ0n) is 22.2. The van der Waals surface area contributed by atoms with E-state index < -0.39 is 6.04 Å². The second kappa shape index (κ2) is 18.1. The Hall–Kier alpha value is -3.24. The summed E-state index contributed by atoms with van der Waals surface area (Å²) in [7, 11) is 0. The maximum atomic E-state index is 13.0. The van der Waals surface area contributed by atoms with Crippen LogP contribution in [-0.4, -0.2) is 66.7 Å². The zero-order chi connectivity index (χ0) is 26.7. The second-order valence-electron chi connectivity index (χ2n) is 8.81. The maximum Gasteiger partial charge on any atom is 0.244 e. The normalized spacial score (nSPS) is 11.7. The minimum Gasteiger partial charge on any atom is -0.493 e. The molecule has 0 saturated heterocycles. The first-order chi connectivity index (χ1) is 18.1. The van der Waals surface area contributed by atoms with E-state index >= 15 is 0 Å². The largest absolute Gasteiger partial charge is 0.493 e. The zero-order valence-corrected chi connectivity index (χ0v) is 22.2. The highest BCUT2D eigenvalue weighted by Gasteiger charge is 2.21. The molecule has 0 saturated carbocycles. The van der Waals surface area contributed by atoms with Gasteiger partial charge >= 0.3 is 0 Å². The smallest absolute Gasteiger partial charge is 0.244 e. The highest BCUT2D eigenvalue weighted by atomic mass is 16.5. The van der Waals surface area contributed by atoms with Crippen molar-refractivity contribution in [1.82, 2.24) is 25.9 Å². The number of ether oxygens (including phenoxy) is 1. The molecule has 0 aliphatic carbocycles. The summed E-state index contributed by atoms with van der Waals surface area (Å²) >= 11 is 0. The molecule has 0 bridgehead atoms. The van der Waals surface area contributed by atoms with E-state index in [2.05, 4.69) is 45.1 Å². The number of rotatable bonds is 19. The van der Waals surface area contributed by atoms with E-state index in [0.717, 1.165) is 49.8 Å². The van der Waals surface area contributed by atoms with Crippen molar-refractivity contribution in [3.05, 3.63) is 48.3 Å². The molecule has 0 radical (unpaired) electrons. The summed E-state index contributed by atoms with van der Waals surface area (Å²) in [4.78, 5) is 33.8. The Bertz CT molecular complexity index is 910. The van der Waals surface area contributed by atoms with E-state index in [4.69, 9.17) is 10.5 Å². The highest BCUT2D eigenvalue weighted by Crippen LogP contribution is 2.19. The molecule has 10 heteroatoms. The fraction of sp³-hybridized carbons (Fsp3) is 0.556. The van der Waals surface area contributed by atoms with Crippen molar-refractivity contribution < 1.29 is 14.3 Å². The molecular formula is C27H43N7O3. The molecule has 2 aromatic rings. The van der Waals surface area contributed by atoms with Gasteiger partial charge in [-0.05, 0) is 62.8 Å². The van der Waals surface area contributed by atoms with Gasteiger partial charge in [0.05, 0.1) is 13.2 Å². The van der Waals surface area contributed by atoms with Crippen LogP contribution >= 0.6 is 0 Å². The number of unbranched alkanes of at least 4 members (excludes halogenated alkanes) is 1. The van der Waals surface area contributed by atoms with Gasteiger partial charge in [-0.2, -0.15) is 0 Å². The molecule has 10 nitrogen and oxygen atoms in total. The van der Waals surface area contributed by atoms with Crippen LogP contribution in [0.15, 0.2) is 42.7 Å². The van der Waals surface area contributed by atoms with Gasteiger partial charge in [0.15, 0.2) is 0 Å². The number of benzene rings is 1. The Morgan fingerprint density at radius 1 is 1.03 bits per heavy atom. The number of carbonyl (C=O) groups is 2. The summed E-state index contributed by atoms with van der Waals surface area (Å²) in [5, 5.41) is 12.0. The molecule has 1 unspecified atom stereocenters. The number of nitrogens with zero attached hydrogens (tertiary/aromatic N) is 2. The van der Waals surface area contributed by atoms with Gasteiger partial charge in [0.1, 0.15) is 11.8 Å². The van der Waals surface area contributed by atoms with E-state index in [1.54, 1.807) is 18.5 Å². The Morgan fingerprint density at radius 3 is 2.51 bits per heavy atom. The van der Waals surface area contributed by atoms with Crippen molar-refractivity contribution in [3.8, 4) is 5.75 Å². The van der Waals surface area contributed by atoms with Gasteiger partial charge in [-0.25, -0.2) is 9.97 Å². The minimum absolute atomic E-state index is 0.153. The lowest BCUT2D eigenvalue weighted by atomic mass is 10.1. The first-order valence-electron chi connectivity index (χ1n) is 13.3. The van der Waals surface area contributed by atoms with Crippen LogP contribution in [0.2, 0.25) is 0 Å². The third kappa shape index (κ3) is 12.0. The van der Waals surface area contributed by atoms with Crippen LogP contribution in [-0.2, 0) is 16.0 Å². The number of nitrogens with one attached hydrogen (secondary N) is 4. The van der Waals surface area contributed by atoms with E-state index in [9.17, 15) is 9.59 Å². The van der Waals surface area contributed by atoms with E-state index in [1.165, 1.54) is 0 Å². The SMILES string of the molecule is CCC(CC)NCC(=O)NC(CNc1ncccn1)C(=O)NCCCc1ccccc1OCCCCN.